The molecule has 0 spiro atoms. The number of nitriles is 1. The number of hydrogen-bond acceptors (Lipinski definition) is 9. The Kier molecular flexibility index (Phi) is 8.58. The number of ether oxygens (including phenoxy) is 1. The van der Waals surface area contributed by atoms with E-state index in [0.29, 0.717) is 25.1 Å². The normalized spacial score (nSPS) is 19.3. The van der Waals surface area contributed by atoms with Crippen LogP contribution in [0.1, 0.15) is 70.6 Å². The predicted molar refractivity (Wildman–Crippen MR) is 195 cm³/mol. The van der Waals surface area contributed by atoms with Gasteiger partial charge in [0.1, 0.15) is 11.8 Å². The molecule has 3 aliphatic heterocycles. The average molecular weight is 699 g/mol. The maximum atomic E-state index is 13.1. The van der Waals surface area contributed by atoms with Crippen LogP contribution in [-0.2, 0) is 26.3 Å². The molecule has 1 atom stereocenters. The van der Waals surface area contributed by atoms with Crippen molar-refractivity contribution in [1.29, 1.82) is 5.26 Å². The Morgan fingerprint density at radius 1 is 1.04 bits per heavy atom. The first-order chi connectivity index (χ1) is 25.1. The van der Waals surface area contributed by atoms with Gasteiger partial charge in [0.05, 0.1) is 23.3 Å². The predicted octanol–water partition coefficient (Wildman–Crippen LogP) is 6.02. The number of imide groups is 1. The Bertz CT molecular complexity index is 2090. The molecule has 1 aliphatic carbocycles. The van der Waals surface area contributed by atoms with Gasteiger partial charge in [-0.05, 0) is 105 Å². The highest BCUT2D eigenvalue weighted by Crippen LogP contribution is 2.48. The second-order valence-corrected chi connectivity index (χ2v) is 14.6. The molecular formula is C41H42N6O5. The van der Waals surface area contributed by atoms with Gasteiger partial charge in [-0.2, -0.15) is 5.26 Å². The highest BCUT2D eigenvalue weighted by Gasteiger charge is 2.45. The summed E-state index contributed by atoms with van der Waals surface area (Å²) < 4.78 is 11.8. The molecule has 52 heavy (non-hydrogen) atoms. The van der Waals surface area contributed by atoms with E-state index in [0.717, 1.165) is 95.2 Å². The summed E-state index contributed by atoms with van der Waals surface area (Å²) in [5.74, 6) is -0.0581. The van der Waals surface area contributed by atoms with Gasteiger partial charge in [0.2, 0.25) is 11.8 Å². The molecule has 3 fully saturated rings. The van der Waals surface area contributed by atoms with Gasteiger partial charge < -0.3 is 24.0 Å². The van der Waals surface area contributed by atoms with Crippen LogP contribution in [0.15, 0.2) is 65.2 Å². The zero-order valence-corrected chi connectivity index (χ0v) is 29.8. The molecule has 11 nitrogen and oxygen atoms in total. The van der Waals surface area contributed by atoms with Crippen LogP contribution in [-0.4, -0.2) is 66.2 Å². The number of hydrogen-bond donors (Lipinski definition) is 1. The van der Waals surface area contributed by atoms with E-state index in [-0.39, 0.29) is 29.8 Å². The van der Waals surface area contributed by atoms with Crippen molar-refractivity contribution in [2.45, 2.75) is 77.0 Å². The fraction of sp³-hybridized carbons (Fsp3) is 0.390. The number of nitrogens with zero attached hydrogens (tertiary/aromatic N) is 5. The first-order valence-electron chi connectivity index (χ1n) is 18.1. The summed E-state index contributed by atoms with van der Waals surface area (Å²) in [5.41, 5.74) is 9.56. The van der Waals surface area contributed by atoms with Crippen molar-refractivity contribution in [1.82, 2.24) is 15.4 Å². The maximum Gasteiger partial charge on any atom is 0.255 e. The lowest BCUT2D eigenvalue weighted by atomic mass is 9.97. The topological polar surface area (TPSA) is 132 Å². The number of piperidine rings is 1. The zero-order chi connectivity index (χ0) is 36.1. The van der Waals surface area contributed by atoms with Gasteiger partial charge >= 0.3 is 0 Å². The van der Waals surface area contributed by atoms with Crippen LogP contribution in [0.3, 0.4) is 0 Å². The molecule has 1 saturated carbocycles. The molecule has 3 aromatic carbocycles. The number of anilines is 3. The summed E-state index contributed by atoms with van der Waals surface area (Å²) in [7, 11) is 0. The number of fused-ring (bicyclic) bond motifs is 1. The van der Waals surface area contributed by atoms with Crippen molar-refractivity contribution in [2.24, 2.45) is 0 Å². The Labute approximate surface area is 303 Å². The Hall–Kier alpha value is -5.47. The van der Waals surface area contributed by atoms with Crippen LogP contribution >= 0.6 is 0 Å². The van der Waals surface area contributed by atoms with E-state index in [2.05, 4.69) is 75.7 Å². The SMILES string of the molecule is Cc1ccc(-c2c(C)noc2C)cc1N(CCCOC1CN(c2ccc3c(c2)CN(C2CCC(=O)NC2=O)C3=O)C1)c1ccc(C2(C#N)CC2)cc1. The number of benzene rings is 3. The molecule has 266 valence electrons. The smallest absolute Gasteiger partial charge is 0.255 e. The quantitative estimate of drug-likeness (QED) is 0.148. The van der Waals surface area contributed by atoms with Gasteiger partial charge in [0, 0.05) is 67.4 Å². The minimum absolute atomic E-state index is 0.105. The Morgan fingerprint density at radius 3 is 2.52 bits per heavy atom. The highest BCUT2D eigenvalue weighted by molar-refractivity contribution is 6.05. The van der Waals surface area contributed by atoms with Crippen LogP contribution in [0, 0.1) is 32.1 Å². The largest absolute Gasteiger partial charge is 0.374 e. The van der Waals surface area contributed by atoms with Crippen LogP contribution < -0.4 is 15.1 Å². The van der Waals surface area contributed by atoms with Gasteiger partial charge in [-0.1, -0.05) is 29.4 Å². The fourth-order valence-electron chi connectivity index (χ4n) is 7.87. The molecule has 4 aromatic rings. The van der Waals surface area contributed by atoms with Crippen LogP contribution in [0.5, 0.6) is 0 Å². The standard InChI is InChI=1S/C41H42N6O5/c1-25-5-6-28(38-26(2)44-52-27(38)3)20-36(25)46(31-9-7-30(8-10-31)41(24-42)15-16-41)17-4-18-51-33-22-45(23-33)32-11-12-34-29(19-32)21-47(40(34)50)35-13-14-37(48)43-39(35)49/h5-12,19-20,33,35H,4,13-18,21-23H2,1-3H3,(H,43,48,49). The van der Waals surface area contributed by atoms with Crippen molar-refractivity contribution in [2.75, 3.05) is 36.0 Å². The fourth-order valence-corrected chi connectivity index (χ4v) is 7.87. The summed E-state index contributed by atoms with van der Waals surface area (Å²) in [6, 6.07) is 22.7. The second kappa shape index (κ2) is 13.3. The lowest BCUT2D eigenvalue weighted by Gasteiger charge is -2.41. The second-order valence-electron chi connectivity index (χ2n) is 14.6. The van der Waals surface area contributed by atoms with Gasteiger partial charge in [-0.25, -0.2) is 0 Å². The lowest BCUT2D eigenvalue weighted by Crippen LogP contribution is -2.52. The molecule has 2 saturated heterocycles. The van der Waals surface area contributed by atoms with Crippen LogP contribution in [0.25, 0.3) is 11.1 Å². The van der Waals surface area contributed by atoms with E-state index in [1.54, 1.807) is 4.90 Å². The lowest BCUT2D eigenvalue weighted by molar-refractivity contribution is -0.136. The molecule has 1 unspecified atom stereocenters. The number of nitrogens with one attached hydrogen (secondary N) is 1. The molecule has 0 radical (unpaired) electrons. The van der Waals surface area contributed by atoms with Gasteiger partial charge in [-0.15, -0.1) is 0 Å². The van der Waals surface area contributed by atoms with Crippen LogP contribution in [0.4, 0.5) is 17.1 Å². The monoisotopic (exact) mass is 698 g/mol. The van der Waals surface area contributed by atoms with Crippen molar-refractivity contribution in [3.63, 3.8) is 0 Å². The first kappa shape index (κ1) is 33.7. The molecule has 8 rings (SSSR count). The number of rotatable bonds is 11. The molecule has 4 aliphatic rings. The summed E-state index contributed by atoms with van der Waals surface area (Å²) in [6.45, 7) is 9.26. The third-order valence-corrected chi connectivity index (χ3v) is 11.1. The molecular weight excluding hydrogens is 656 g/mol. The number of amides is 3. The zero-order valence-electron chi connectivity index (χ0n) is 29.8. The summed E-state index contributed by atoms with van der Waals surface area (Å²) in [5, 5.41) is 16.3. The maximum absolute atomic E-state index is 13.1. The van der Waals surface area contributed by atoms with E-state index >= 15 is 0 Å². The highest BCUT2D eigenvalue weighted by atomic mass is 16.5. The van der Waals surface area contributed by atoms with Gasteiger partial charge in [0.15, 0.2) is 0 Å². The minimum Gasteiger partial charge on any atom is -0.374 e. The third kappa shape index (κ3) is 6.11. The molecule has 11 heteroatoms. The third-order valence-electron chi connectivity index (χ3n) is 11.1. The summed E-state index contributed by atoms with van der Waals surface area (Å²) in [6.07, 6.45) is 3.33. The number of aryl methyl sites for hydroxylation is 3. The van der Waals surface area contributed by atoms with Crippen molar-refractivity contribution in [3.8, 4) is 17.2 Å². The van der Waals surface area contributed by atoms with E-state index in [1.165, 1.54) is 0 Å². The minimum atomic E-state index is -0.619. The number of carbonyl (C=O) groups excluding carboxylic acids is 3. The number of aromatic nitrogens is 1. The molecule has 1 aromatic heterocycles. The van der Waals surface area contributed by atoms with E-state index in [1.807, 2.05) is 32.0 Å². The van der Waals surface area contributed by atoms with Gasteiger partial charge in [-0.3, -0.25) is 19.7 Å². The average Bonchev–Trinajstić information content (AvgIpc) is 3.76. The number of carbonyl (C=O) groups is 3. The molecule has 0 bridgehead atoms. The van der Waals surface area contributed by atoms with Crippen molar-refractivity contribution < 1.29 is 23.6 Å². The summed E-state index contributed by atoms with van der Waals surface area (Å²) >= 11 is 0. The van der Waals surface area contributed by atoms with E-state index in [4.69, 9.17) is 9.26 Å². The molecule has 1 N–H and O–H groups in total. The first-order valence-corrected chi connectivity index (χ1v) is 18.1. The van der Waals surface area contributed by atoms with Crippen molar-refractivity contribution in [3.05, 3.63) is 94.4 Å². The van der Waals surface area contributed by atoms with E-state index in [9.17, 15) is 19.6 Å². The van der Waals surface area contributed by atoms with Gasteiger partial charge in [0.25, 0.3) is 5.91 Å². The molecule has 3 amide bonds. The summed E-state index contributed by atoms with van der Waals surface area (Å²) in [4.78, 5) is 43.3. The Morgan fingerprint density at radius 2 is 1.83 bits per heavy atom. The van der Waals surface area contributed by atoms with E-state index < -0.39 is 11.9 Å². The van der Waals surface area contributed by atoms with Crippen LogP contribution in [0.2, 0.25) is 0 Å². The molecule has 4 heterocycles. The van der Waals surface area contributed by atoms with Crippen molar-refractivity contribution >= 4 is 34.8 Å². The Balaban J connectivity index is 0.910.